The molecule has 1 aromatic heterocycles. The fraction of sp³-hybridized carbons (Fsp3) is 0.360. The van der Waals surface area contributed by atoms with Crippen LogP contribution in [0.15, 0.2) is 52.7 Å². The molecule has 0 radical (unpaired) electrons. The summed E-state index contributed by atoms with van der Waals surface area (Å²) in [5.74, 6) is 0.447. The van der Waals surface area contributed by atoms with Gasteiger partial charge in [-0.2, -0.15) is 0 Å². The highest BCUT2D eigenvalue weighted by molar-refractivity contribution is 7.89. The van der Waals surface area contributed by atoms with Gasteiger partial charge in [-0.1, -0.05) is 30.5 Å². The van der Waals surface area contributed by atoms with Gasteiger partial charge >= 0.3 is 0 Å². The fourth-order valence-corrected chi connectivity index (χ4v) is 6.33. The van der Waals surface area contributed by atoms with Crippen LogP contribution < -0.4 is 14.8 Å². The monoisotopic (exact) mass is 533 g/mol. The number of aryl methyl sites for hydroxylation is 2. The highest BCUT2D eigenvalue weighted by Gasteiger charge is 2.31. The third kappa shape index (κ3) is 6.82. The average Bonchev–Trinajstić information content (AvgIpc) is 3.28. The quantitative estimate of drug-likeness (QED) is 0.424. The minimum Gasteiger partial charge on any atom is -0.486 e. The Balaban J connectivity index is 1.38. The van der Waals surface area contributed by atoms with E-state index in [-0.39, 0.29) is 23.5 Å². The number of halogens is 1. The summed E-state index contributed by atoms with van der Waals surface area (Å²) in [5.41, 5.74) is 2.54. The van der Waals surface area contributed by atoms with Crippen LogP contribution in [0, 0.1) is 13.8 Å². The van der Waals surface area contributed by atoms with Gasteiger partial charge in [-0.05, 0) is 74.2 Å². The normalized spacial score (nSPS) is 18.3. The van der Waals surface area contributed by atoms with E-state index in [1.807, 2.05) is 26.0 Å². The molecule has 3 aromatic rings. The molecule has 10 heteroatoms. The molecule has 2 atom stereocenters. The molecule has 0 aliphatic heterocycles. The molecule has 7 nitrogen and oxygen atoms in total. The number of carbonyl (C=O) groups is 1. The van der Waals surface area contributed by atoms with Crippen LogP contribution in [0.3, 0.4) is 0 Å². The number of nitrogens with one attached hydrogen (secondary N) is 2. The predicted octanol–water partition coefficient (Wildman–Crippen LogP) is 5.01. The Kier molecular flexibility index (Phi) is 8.11. The predicted molar refractivity (Wildman–Crippen MR) is 138 cm³/mol. The number of nitrogens with zero attached hydrogens (tertiary/aromatic N) is 1. The van der Waals surface area contributed by atoms with Gasteiger partial charge in [-0.15, -0.1) is 11.3 Å². The highest BCUT2D eigenvalue weighted by Crippen LogP contribution is 2.23. The summed E-state index contributed by atoms with van der Waals surface area (Å²) in [6.07, 6.45) is 3.13. The van der Waals surface area contributed by atoms with Crippen LogP contribution in [0.4, 0.5) is 0 Å². The maximum Gasteiger partial charge on any atom is 0.271 e. The number of benzene rings is 2. The number of hydrogen-bond donors (Lipinski definition) is 2. The Bertz CT molecular complexity index is 1270. The fourth-order valence-electron chi connectivity index (χ4n) is 4.21. The molecular weight excluding hydrogens is 506 g/mol. The third-order valence-electron chi connectivity index (χ3n) is 5.85. The van der Waals surface area contributed by atoms with Crippen molar-refractivity contribution < 1.29 is 17.9 Å². The average molecular weight is 534 g/mol. The van der Waals surface area contributed by atoms with Crippen LogP contribution >= 0.6 is 22.9 Å². The standard InChI is InChI=1S/C25H28ClN3O4S2/c1-16-11-17(2)13-19(12-16)33-14-24-27-23(15-34-24)25(30)28-21-5-3-4-6-22(21)29-35(31,32)20-9-7-18(26)8-10-20/h7-13,15,21-22,29H,3-6,14H2,1-2H3,(H,28,30)/t21-,22+/m0/s1. The number of sulfonamides is 1. The molecule has 1 aliphatic carbocycles. The first-order valence-electron chi connectivity index (χ1n) is 11.4. The smallest absolute Gasteiger partial charge is 0.271 e. The third-order valence-corrected chi connectivity index (χ3v) is 8.43. The van der Waals surface area contributed by atoms with Crippen molar-refractivity contribution in [3.05, 3.63) is 74.7 Å². The topological polar surface area (TPSA) is 97.4 Å². The van der Waals surface area contributed by atoms with Gasteiger partial charge < -0.3 is 10.1 Å². The van der Waals surface area contributed by atoms with Crippen molar-refractivity contribution in [2.24, 2.45) is 0 Å². The Morgan fingerprint density at radius 1 is 1.09 bits per heavy atom. The van der Waals surface area contributed by atoms with Gasteiger partial charge in [-0.3, -0.25) is 4.79 Å². The summed E-state index contributed by atoms with van der Waals surface area (Å²) in [7, 11) is -3.74. The van der Waals surface area contributed by atoms with Crippen molar-refractivity contribution in [2.45, 2.75) is 63.1 Å². The van der Waals surface area contributed by atoms with Crippen molar-refractivity contribution in [3.63, 3.8) is 0 Å². The van der Waals surface area contributed by atoms with Crippen LogP contribution in [0.25, 0.3) is 0 Å². The van der Waals surface area contributed by atoms with Crippen LogP contribution in [-0.4, -0.2) is 31.4 Å². The molecule has 1 aliphatic rings. The second-order valence-corrected chi connectivity index (χ2v) is 11.9. The number of aromatic nitrogens is 1. The molecule has 186 valence electrons. The van der Waals surface area contributed by atoms with Crippen LogP contribution in [0.1, 0.15) is 52.3 Å². The van der Waals surface area contributed by atoms with E-state index in [0.717, 1.165) is 29.7 Å². The molecule has 0 bridgehead atoms. The van der Waals surface area contributed by atoms with Crippen molar-refractivity contribution >= 4 is 38.9 Å². The van der Waals surface area contributed by atoms with Crippen molar-refractivity contribution in [2.75, 3.05) is 0 Å². The maximum absolute atomic E-state index is 12.9. The largest absolute Gasteiger partial charge is 0.486 e. The van der Waals surface area contributed by atoms with E-state index in [1.165, 1.54) is 23.5 Å². The summed E-state index contributed by atoms with van der Waals surface area (Å²) >= 11 is 7.24. The first-order chi connectivity index (χ1) is 16.7. The van der Waals surface area contributed by atoms with Gasteiger partial charge in [-0.25, -0.2) is 18.1 Å². The van der Waals surface area contributed by atoms with E-state index in [0.29, 0.717) is 28.6 Å². The van der Waals surface area contributed by atoms with Gasteiger partial charge in [0, 0.05) is 22.5 Å². The first-order valence-corrected chi connectivity index (χ1v) is 14.2. The van der Waals surface area contributed by atoms with E-state index in [1.54, 1.807) is 17.5 Å². The molecule has 0 spiro atoms. The molecule has 1 fully saturated rings. The van der Waals surface area contributed by atoms with Crippen LogP contribution in [-0.2, 0) is 16.6 Å². The lowest BCUT2D eigenvalue weighted by atomic mass is 9.91. The van der Waals surface area contributed by atoms with Crippen LogP contribution in [0.5, 0.6) is 5.75 Å². The van der Waals surface area contributed by atoms with E-state index in [9.17, 15) is 13.2 Å². The molecule has 2 aromatic carbocycles. The number of thiazole rings is 1. The maximum atomic E-state index is 12.9. The molecule has 1 saturated carbocycles. The number of amides is 1. The Morgan fingerprint density at radius 2 is 1.74 bits per heavy atom. The SMILES string of the molecule is Cc1cc(C)cc(OCc2nc(C(=O)N[C@H]3CCCC[C@H]3NS(=O)(=O)c3ccc(Cl)cc3)cs2)c1. The van der Waals surface area contributed by atoms with E-state index in [4.69, 9.17) is 16.3 Å². The van der Waals surface area contributed by atoms with Gasteiger partial charge in [0.15, 0.2) is 0 Å². The zero-order valence-corrected chi connectivity index (χ0v) is 22.0. The lowest BCUT2D eigenvalue weighted by Gasteiger charge is -2.32. The molecule has 1 heterocycles. The molecule has 35 heavy (non-hydrogen) atoms. The summed E-state index contributed by atoms with van der Waals surface area (Å²) < 4.78 is 34.3. The zero-order chi connectivity index (χ0) is 25.0. The van der Waals surface area contributed by atoms with E-state index in [2.05, 4.69) is 21.1 Å². The van der Waals surface area contributed by atoms with Gasteiger partial charge in [0.1, 0.15) is 23.1 Å². The number of carbonyl (C=O) groups excluding carboxylic acids is 1. The first kappa shape index (κ1) is 25.6. The Morgan fingerprint density at radius 3 is 2.43 bits per heavy atom. The number of ether oxygens (including phenoxy) is 1. The molecule has 0 saturated heterocycles. The van der Waals surface area contributed by atoms with Gasteiger partial charge in [0.05, 0.1) is 4.90 Å². The van der Waals surface area contributed by atoms with E-state index < -0.39 is 16.1 Å². The minimum absolute atomic E-state index is 0.144. The van der Waals surface area contributed by atoms with Crippen LogP contribution in [0.2, 0.25) is 5.02 Å². The molecular formula is C25H28ClN3O4S2. The van der Waals surface area contributed by atoms with E-state index >= 15 is 0 Å². The van der Waals surface area contributed by atoms with Crippen molar-refractivity contribution in [1.82, 2.24) is 15.0 Å². The highest BCUT2D eigenvalue weighted by atomic mass is 35.5. The van der Waals surface area contributed by atoms with Crippen molar-refractivity contribution in [1.29, 1.82) is 0 Å². The number of rotatable bonds is 8. The Hall–Kier alpha value is -2.46. The lowest BCUT2D eigenvalue weighted by molar-refractivity contribution is 0.0914. The summed E-state index contributed by atoms with van der Waals surface area (Å²) in [5, 5.41) is 5.85. The second kappa shape index (κ2) is 11.1. The summed E-state index contributed by atoms with van der Waals surface area (Å²) in [6, 6.07) is 11.3. The Labute approximate surface area is 214 Å². The van der Waals surface area contributed by atoms with Gasteiger partial charge in [0.2, 0.25) is 10.0 Å². The molecule has 4 rings (SSSR count). The zero-order valence-electron chi connectivity index (χ0n) is 19.6. The number of hydrogen-bond acceptors (Lipinski definition) is 6. The summed E-state index contributed by atoms with van der Waals surface area (Å²) in [4.78, 5) is 17.5. The molecule has 0 unspecified atom stereocenters. The van der Waals surface area contributed by atoms with Crippen molar-refractivity contribution in [3.8, 4) is 5.75 Å². The second-order valence-electron chi connectivity index (χ2n) is 8.78. The molecule has 1 amide bonds. The minimum atomic E-state index is -3.74. The van der Waals surface area contributed by atoms with Gasteiger partial charge in [0.25, 0.3) is 5.91 Å². The summed E-state index contributed by atoms with van der Waals surface area (Å²) in [6.45, 7) is 4.30. The molecule has 2 N–H and O–H groups in total. The lowest BCUT2D eigenvalue weighted by Crippen LogP contribution is -2.53.